The van der Waals surface area contributed by atoms with Gasteiger partial charge in [-0.3, -0.25) is 14.5 Å². The van der Waals surface area contributed by atoms with Gasteiger partial charge in [0.05, 0.1) is 11.9 Å². The van der Waals surface area contributed by atoms with Crippen LogP contribution in [0.5, 0.6) is 5.75 Å². The third-order valence-electron chi connectivity index (χ3n) is 6.92. The average molecular weight is 481 g/mol. The first-order valence-corrected chi connectivity index (χ1v) is 12.9. The van der Waals surface area contributed by atoms with Gasteiger partial charge in [0.1, 0.15) is 16.4 Å². The number of fused-ring (bicyclic) bond motifs is 3. The predicted molar refractivity (Wildman–Crippen MR) is 135 cm³/mol. The Hall–Kier alpha value is -2.71. The molecule has 3 heterocycles. The van der Waals surface area contributed by atoms with Crippen molar-refractivity contribution in [2.75, 3.05) is 32.8 Å². The van der Waals surface area contributed by atoms with Crippen LogP contribution in [0, 0.1) is 20.8 Å². The molecule has 0 saturated carbocycles. The van der Waals surface area contributed by atoms with E-state index in [9.17, 15) is 9.59 Å². The zero-order valence-corrected chi connectivity index (χ0v) is 21.0. The summed E-state index contributed by atoms with van der Waals surface area (Å²) in [6.45, 7) is 9.52. The Kier molecular flexibility index (Phi) is 6.44. The second kappa shape index (κ2) is 9.50. The fourth-order valence-corrected chi connectivity index (χ4v) is 6.55. The summed E-state index contributed by atoms with van der Waals surface area (Å²) in [4.78, 5) is 39.7. The lowest BCUT2D eigenvalue weighted by Gasteiger charge is -2.34. The van der Waals surface area contributed by atoms with Crippen LogP contribution < -0.4 is 10.3 Å². The molecule has 1 amide bonds. The molecular weight excluding hydrogens is 448 g/mol. The standard InChI is InChI=1S/C26H32N4O3S/c1-16-12-17(2)24(18(3)13-16)33-15-22(31)30-10-8-29(9-11-30)14-21-27-25(32)23-19-6-4-5-7-20(19)34-26(23)28-21/h12-13H,4-11,14-15H2,1-3H3,(H,27,28,32). The molecule has 7 nitrogen and oxygen atoms in total. The highest BCUT2D eigenvalue weighted by atomic mass is 32.1. The number of hydrogen-bond donors (Lipinski definition) is 1. The number of nitrogens with zero attached hydrogens (tertiary/aromatic N) is 3. The van der Waals surface area contributed by atoms with Crippen LogP contribution in [0.3, 0.4) is 0 Å². The minimum atomic E-state index is -0.00736. The fourth-order valence-electron chi connectivity index (χ4n) is 5.27. The number of aromatic amines is 1. The van der Waals surface area contributed by atoms with Gasteiger partial charge in [-0.1, -0.05) is 17.7 Å². The van der Waals surface area contributed by atoms with E-state index in [-0.39, 0.29) is 18.1 Å². The van der Waals surface area contributed by atoms with E-state index in [1.54, 1.807) is 11.3 Å². The number of ether oxygens (including phenoxy) is 1. The second-order valence-electron chi connectivity index (χ2n) is 9.58. The van der Waals surface area contributed by atoms with Gasteiger partial charge < -0.3 is 14.6 Å². The van der Waals surface area contributed by atoms with Crippen molar-refractivity contribution < 1.29 is 9.53 Å². The van der Waals surface area contributed by atoms with E-state index < -0.39 is 0 Å². The Balaban J connectivity index is 1.18. The zero-order chi connectivity index (χ0) is 23.8. The van der Waals surface area contributed by atoms with Crippen molar-refractivity contribution in [1.29, 1.82) is 0 Å². The summed E-state index contributed by atoms with van der Waals surface area (Å²) in [5, 5.41) is 0.804. The van der Waals surface area contributed by atoms with Gasteiger partial charge in [0.2, 0.25) is 0 Å². The highest BCUT2D eigenvalue weighted by Crippen LogP contribution is 2.33. The van der Waals surface area contributed by atoms with Crippen LogP contribution in [0.4, 0.5) is 0 Å². The quantitative estimate of drug-likeness (QED) is 0.605. The molecule has 0 atom stereocenters. The van der Waals surface area contributed by atoms with Crippen LogP contribution in [0.25, 0.3) is 10.2 Å². The lowest BCUT2D eigenvalue weighted by Crippen LogP contribution is -2.49. The summed E-state index contributed by atoms with van der Waals surface area (Å²) in [5.41, 5.74) is 4.52. The van der Waals surface area contributed by atoms with E-state index in [4.69, 9.17) is 9.72 Å². The number of carbonyl (C=O) groups is 1. The third-order valence-corrected chi connectivity index (χ3v) is 8.10. The molecular formula is C26H32N4O3S. The summed E-state index contributed by atoms with van der Waals surface area (Å²) in [6.07, 6.45) is 4.40. The molecule has 34 heavy (non-hydrogen) atoms. The zero-order valence-electron chi connectivity index (χ0n) is 20.2. The Morgan fingerprint density at radius 3 is 2.53 bits per heavy atom. The molecule has 0 bridgehead atoms. The first-order valence-electron chi connectivity index (χ1n) is 12.1. The third kappa shape index (κ3) is 4.61. The highest BCUT2D eigenvalue weighted by molar-refractivity contribution is 7.18. The first kappa shape index (κ1) is 23.1. The van der Waals surface area contributed by atoms with Crippen LogP contribution in [0.1, 0.15) is 45.8 Å². The number of aryl methyl sites for hydroxylation is 5. The van der Waals surface area contributed by atoms with Gasteiger partial charge in [-0.2, -0.15) is 0 Å². The van der Waals surface area contributed by atoms with E-state index in [0.29, 0.717) is 25.5 Å². The number of thiophene rings is 1. The van der Waals surface area contributed by atoms with Crippen molar-refractivity contribution in [2.45, 2.75) is 53.0 Å². The van der Waals surface area contributed by atoms with Gasteiger partial charge in [0, 0.05) is 31.1 Å². The molecule has 1 aliphatic carbocycles. The Labute approximate surface area is 203 Å². The van der Waals surface area contributed by atoms with Crippen LogP contribution in [0.15, 0.2) is 16.9 Å². The Bertz CT molecular complexity index is 1260. The van der Waals surface area contributed by atoms with Crippen molar-refractivity contribution in [1.82, 2.24) is 19.8 Å². The molecule has 1 N–H and O–H groups in total. The largest absolute Gasteiger partial charge is 0.483 e. The topological polar surface area (TPSA) is 78.5 Å². The maximum absolute atomic E-state index is 12.8. The summed E-state index contributed by atoms with van der Waals surface area (Å²) in [5.74, 6) is 1.53. The first-order chi connectivity index (χ1) is 16.4. The molecule has 1 aromatic carbocycles. The number of amides is 1. The summed E-state index contributed by atoms with van der Waals surface area (Å²) >= 11 is 1.68. The normalized spacial score (nSPS) is 16.6. The van der Waals surface area contributed by atoms with Gasteiger partial charge >= 0.3 is 0 Å². The molecule has 1 saturated heterocycles. The second-order valence-corrected chi connectivity index (χ2v) is 10.7. The van der Waals surface area contributed by atoms with Crippen molar-refractivity contribution in [2.24, 2.45) is 0 Å². The molecule has 8 heteroatoms. The van der Waals surface area contributed by atoms with Crippen LogP contribution in [-0.2, 0) is 24.2 Å². The Morgan fingerprint density at radius 2 is 1.79 bits per heavy atom. The number of benzene rings is 1. The lowest BCUT2D eigenvalue weighted by molar-refractivity contribution is -0.135. The van der Waals surface area contributed by atoms with E-state index in [1.807, 2.05) is 18.7 Å². The van der Waals surface area contributed by atoms with E-state index in [2.05, 4.69) is 28.9 Å². The number of nitrogens with one attached hydrogen (secondary N) is 1. The van der Waals surface area contributed by atoms with Gasteiger partial charge in [0.15, 0.2) is 6.61 Å². The summed E-state index contributed by atoms with van der Waals surface area (Å²) < 4.78 is 5.90. The summed E-state index contributed by atoms with van der Waals surface area (Å²) in [7, 11) is 0. The van der Waals surface area contributed by atoms with Crippen molar-refractivity contribution in [3.05, 3.63) is 55.4 Å². The van der Waals surface area contributed by atoms with E-state index >= 15 is 0 Å². The molecule has 0 spiro atoms. The molecule has 3 aromatic rings. The molecule has 5 rings (SSSR count). The van der Waals surface area contributed by atoms with Crippen LogP contribution in [-0.4, -0.2) is 58.5 Å². The monoisotopic (exact) mass is 480 g/mol. The van der Waals surface area contributed by atoms with Crippen LogP contribution >= 0.6 is 11.3 Å². The molecule has 0 unspecified atom stereocenters. The van der Waals surface area contributed by atoms with Gasteiger partial charge in [-0.05, 0) is 63.1 Å². The number of aromatic nitrogens is 2. The van der Waals surface area contributed by atoms with Gasteiger partial charge in [0.25, 0.3) is 11.5 Å². The molecule has 1 fully saturated rings. The number of carbonyl (C=O) groups excluding carboxylic acids is 1. The number of rotatable bonds is 5. The number of piperazine rings is 1. The molecule has 2 aromatic heterocycles. The molecule has 180 valence electrons. The predicted octanol–water partition coefficient (Wildman–Crippen LogP) is 3.51. The van der Waals surface area contributed by atoms with E-state index in [0.717, 1.165) is 59.4 Å². The maximum Gasteiger partial charge on any atom is 0.260 e. The smallest absolute Gasteiger partial charge is 0.260 e. The summed E-state index contributed by atoms with van der Waals surface area (Å²) in [6, 6.07) is 4.15. The molecule has 1 aliphatic heterocycles. The van der Waals surface area contributed by atoms with Crippen molar-refractivity contribution in [3.8, 4) is 5.75 Å². The van der Waals surface area contributed by atoms with Crippen molar-refractivity contribution >= 4 is 27.5 Å². The highest BCUT2D eigenvalue weighted by Gasteiger charge is 2.24. The van der Waals surface area contributed by atoms with Crippen LogP contribution in [0.2, 0.25) is 0 Å². The number of H-pyrrole nitrogens is 1. The minimum absolute atomic E-state index is 0.00736. The lowest BCUT2D eigenvalue weighted by atomic mass is 9.97. The SMILES string of the molecule is Cc1cc(C)c(OCC(=O)N2CCN(Cc3nc4sc5c(c4c(=O)[nH]3)CCCC5)CC2)c(C)c1. The van der Waals surface area contributed by atoms with Crippen molar-refractivity contribution in [3.63, 3.8) is 0 Å². The number of hydrogen-bond acceptors (Lipinski definition) is 6. The van der Waals surface area contributed by atoms with Gasteiger partial charge in [-0.15, -0.1) is 11.3 Å². The molecule has 2 aliphatic rings. The average Bonchev–Trinajstić information content (AvgIpc) is 3.17. The minimum Gasteiger partial charge on any atom is -0.483 e. The van der Waals surface area contributed by atoms with E-state index in [1.165, 1.54) is 22.4 Å². The maximum atomic E-state index is 12.8. The van der Waals surface area contributed by atoms with Gasteiger partial charge in [-0.25, -0.2) is 4.98 Å². The fraction of sp³-hybridized carbons (Fsp3) is 0.500. The Morgan fingerprint density at radius 1 is 1.09 bits per heavy atom. The molecule has 0 radical (unpaired) electrons.